The molecule has 4 aromatic rings. The fourth-order valence-electron chi connectivity index (χ4n) is 3.51. The van der Waals surface area contributed by atoms with Crippen LogP contribution in [0.15, 0.2) is 42.5 Å². The molecule has 0 spiro atoms. The third-order valence-corrected chi connectivity index (χ3v) is 5.02. The summed E-state index contributed by atoms with van der Waals surface area (Å²) in [6, 6.07) is 16.4. The molecule has 0 fully saturated rings. The third kappa shape index (κ3) is 3.09. The van der Waals surface area contributed by atoms with Gasteiger partial charge in [-0.15, -0.1) is 0 Å². The summed E-state index contributed by atoms with van der Waals surface area (Å²) in [5.74, 6) is 0.636. The molecule has 9 heteroatoms. The Morgan fingerprint density at radius 1 is 1.09 bits per heavy atom. The zero-order chi connectivity index (χ0) is 23.0. The summed E-state index contributed by atoms with van der Waals surface area (Å²) >= 11 is 0. The number of pyridine rings is 1. The molecule has 32 heavy (non-hydrogen) atoms. The Bertz CT molecular complexity index is 1470. The van der Waals surface area contributed by atoms with Crippen LogP contribution < -0.4 is 15.2 Å². The summed E-state index contributed by atoms with van der Waals surface area (Å²) < 4.78 is 12.3. The number of hydrogen-bond acceptors (Lipinski definition) is 7. The van der Waals surface area contributed by atoms with Gasteiger partial charge in [-0.25, -0.2) is 9.78 Å². The summed E-state index contributed by atoms with van der Waals surface area (Å²) in [6.45, 7) is 0. The van der Waals surface area contributed by atoms with Gasteiger partial charge in [0.1, 0.15) is 29.1 Å². The normalized spacial score (nSPS) is 10.5. The molecule has 0 aliphatic rings. The lowest BCUT2D eigenvalue weighted by molar-refractivity contribution is 0.170. The molecule has 0 radical (unpaired) electrons. The Labute approximate surface area is 183 Å². The van der Waals surface area contributed by atoms with Crippen LogP contribution >= 0.6 is 0 Å². The molecule has 2 aromatic carbocycles. The van der Waals surface area contributed by atoms with Gasteiger partial charge in [0, 0.05) is 19.7 Å². The van der Waals surface area contributed by atoms with E-state index < -0.39 is 6.09 Å². The van der Waals surface area contributed by atoms with Gasteiger partial charge in [0.25, 0.3) is 0 Å². The molecular weight excluding hydrogens is 408 g/mol. The van der Waals surface area contributed by atoms with Crippen molar-refractivity contribution in [3.8, 4) is 34.8 Å². The summed E-state index contributed by atoms with van der Waals surface area (Å²) in [5.41, 5.74) is 9.26. The van der Waals surface area contributed by atoms with Crippen LogP contribution in [0.4, 0.5) is 10.6 Å². The Morgan fingerprint density at radius 2 is 1.81 bits per heavy atom. The molecule has 0 unspecified atom stereocenters. The number of anilines is 1. The number of carbonyl (C=O) groups excluding carboxylic acids is 1. The molecule has 0 aliphatic carbocycles. The Balaban J connectivity index is 2.01. The quantitative estimate of drug-likeness (QED) is 0.530. The summed E-state index contributed by atoms with van der Waals surface area (Å²) in [7, 11) is 4.56. The molecule has 4 rings (SSSR count). The van der Waals surface area contributed by atoms with Crippen molar-refractivity contribution in [2.24, 2.45) is 0 Å². The number of carbonyl (C=O) groups is 1. The van der Waals surface area contributed by atoms with Crippen LogP contribution in [0.2, 0.25) is 0 Å². The van der Waals surface area contributed by atoms with Crippen molar-refractivity contribution < 1.29 is 14.3 Å². The lowest BCUT2D eigenvalue weighted by Gasteiger charge is -2.16. The van der Waals surface area contributed by atoms with Crippen molar-refractivity contribution in [1.82, 2.24) is 14.3 Å². The molecule has 9 nitrogen and oxygen atoms in total. The van der Waals surface area contributed by atoms with Gasteiger partial charge in [0.15, 0.2) is 17.1 Å². The van der Waals surface area contributed by atoms with E-state index in [4.69, 9.17) is 15.2 Å². The van der Waals surface area contributed by atoms with Crippen molar-refractivity contribution in [2.75, 3.05) is 26.9 Å². The highest BCUT2D eigenvalue weighted by Gasteiger charge is 2.24. The van der Waals surface area contributed by atoms with Crippen molar-refractivity contribution >= 4 is 28.6 Å². The van der Waals surface area contributed by atoms with Crippen LogP contribution in [0.1, 0.15) is 11.1 Å². The number of benzene rings is 2. The molecular formula is C23H18N6O3. The van der Waals surface area contributed by atoms with Gasteiger partial charge in [-0.1, -0.05) is 18.2 Å². The number of amides is 1. The topological polar surface area (TPSA) is 130 Å². The minimum absolute atomic E-state index is 0.136. The standard InChI is InChI=1S/C23H18N6O3/c1-28(2)23(30)32-18-9-8-13(10-19(18)31-3)20-14(11-24)21(26)29-17-7-5-4-6-16(17)27-22(29)15(20)12-25/h4-10H,26H2,1-3H3. The van der Waals surface area contributed by atoms with E-state index in [0.29, 0.717) is 27.8 Å². The first-order valence-electron chi connectivity index (χ1n) is 9.51. The third-order valence-electron chi connectivity index (χ3n) is 5.02. The average molecular weight is 426 g/mol. The molecule has 0 saturated carbocycles. The van der Waals surface area contributed by atoms with Crippen molar-refractivity contribution in [1.29, 1.82) is 10.5 Å². The van der Waals surface area contributed by atoms with Gasteiger partial charge < -0.3 is 20.1 Å². The van der Waals surface area contributed by atoms with Crippen LogP contribution in [0.3, 0.4) is 0 Å². The first-order chi connectivity index (χ1) is 15.4. The van der Waals surface area contributed by atoms with Crippen LogP contribution in [0.5, 0.6) is 11.5 Å². The molecule has 0 saturated heterocycles. The lowest BCUT2D eigenvalue weighted by atomic mass is 9.96. The molecule has 0 bridgehead atoms. The maximum Gasteiger partial charge on any atom is 0.414 e. The summed E-state index contributed by atoms with van der Waals surface area (Å²) in [5, 5.41) is 19.9. The summed E-state index contributed by atoms with van der Waals surface area (Å²) in [4.78, 5) is 17.8. The number of hydrogen-bond donors (Lipinski definition) is 1. The Morgan fingerprint density at radius 3 is 2.47 bits per heavy atom. The number of nitrogen functional groups attached to an aromatic ring is 1. The number of nitriles is 2. The number of ether oxygens (including phenoxy) is 2. The van der Waals surface area contributed by atoms with Crippen LogP contribution in [-0.2, 0) is 0 Å². The SMILES string of the molecule is COc1cc(-c2c(C#N)c(N)n3c(nc4ccccc43)c2C#N)ccc1OC(=O)N(C)C. The van der Waals surface area contributed by atoms with Gasteiger partial charge in [0.2, 0.25) is 0 Å². The number of imidazole rings is 1. The van der Waals surface area contributed by atoms with Gasteiger partial charge in [-0.05, 0) is 29.8 Å². The fraction of sp³-hybridized carbons (Fsp3) is 0.130. The number of para-hydroxylation sites is 2. The monoisotopic (exact) mass is 426 g/mol. The molecule has 2 aromatic heterocycles. The predicted octanol–water partition coefficient (Wildman–Crippen LogP) is 3.55. The molecule has 0 atom stereocenters. The Hall–Kier alpha value is -4.76. The van der Waals surface area contributed by atoms with E-state index in [1.165, 1.54) is 12.0 Å². The summed E-state index contributed by atoms with van der Waals surface area (Å²) in [6.07, 6.45) is -0.568. The first kappa shape index (κ1) is 20.5. The van der Waals surface area contributed by atoms with Crippen molar-refractivity contribution in [2.45, 2.75) is 0 Å². The van der Waals surface area contributed by atoms with Gasteiger partial charge in [0.05, 0.1) is 18.1 Å². The second-order valence-corrected chi connectivity index (χ2v) is 7.12. The number of nitrogens with zero attached hydrogens (tertiary/aromatic N) is 5. The van der Waals surface area contributed by atoms with Crippen LogP contribution in [-0.4, -0.2) is 41.6 Å². The molecule has 0 aliphatic heterocycles. The van der Waals surface area contributed by atoms with Crippen molar-refractivity contribution in [3.63, 3.8) is 0 Å². The minimum atomic E-state index is -0.568. The number of rotatable bonds is 3. The smallest absolute Gasteiger partial charge is 0.414 e. The highest BCUT2D eigenvalue weighted by molar-refractivity contribution is 5.93. The van der Waals surface area contributed by atoms with E-state index in [0.717, 1.165) is 0 Å². The fourth-order valence-corrected chi connectivity index (χ4v) is 3.51. The zero-order valence-corrected chi connectivity index (χ0v) is 17.6. The largest absolute Gasteiger partial charge is 0.493 e. The number of methoxy groups -OCH3 is 1. The second-order valence-electron chi connectivity index (χ2n) is 7.12. The van der Waals surface area contributed by atoms with E-state index in [9.17, 15) is 15.3 Å². The van der Waals surface area contributed by atoms with Gasteiger partial charge in [-0.3, -0.25) is 4.40 Å². The van der Waals surface area contributed by atoms with E-state index >= 15 is 0 Å². The van der Waals surface area contributed by atoms with Crippen molar-refractivity contribution in [3.05, 3.63) is 53.6 Å². The van der Waals surface area contributed by atoms with Crippen LogP contribution in [0.25, 0.3) is 27.8 Å². The molecule has 2 N–H and O–H groups in total. The van der Waals surface area contributed by atoms with Crippen LogP contribution in [0, 0.1) is 22.7 Å². The maximum atomic E-state index is 11.9. The average Bonchev–Trinajstić information content (AvgIpc) is 3.18. The van der Waals surface area contributed by atoms with E-state index in [1.807, 2.05) is 24.3 Å². The molecule has 158 valence electrons. The molecule has 1 amide bonds. The van der Waals surface area contributed by atoms with Gasteiger partial charge >= 0.3 is 6.09 Å². The van der Waals surface area contributed by atoms with E-state index in [-0.39, 0.29) is 28.4 Å². The predicted molar refractivity (Wildman–Crippen MR) is 118 cm³/mol. The number of aromatic nitrogens is 2. The number of nitrogens with two attached hydrogens (primary N) is 1. The molecule has 2 heterocycles. The highest BCUT2D eigenvalue weighted by atomic mass is 16.6. The number of fused-ring (bicyclic) bond motifs is 3. The maximum absolute atomic E-state index is 11.9. The lowest BCUT2D eigenvalue weighted by Crippen LogP contribution is -2.25. The zero-order valence-electron chi connectivity index (χ0n) is 17.6. The first-order valence-corrected chi connectivity index (χ1v) is 9.51. The van der Waals surface area contributed by atoms with E-state index in [1.54, 1.807) is 36.7 Å². The highest BCUT2D eigenvalue weighted by Crippen LogP contribution is 2.39. The van der Waals surface area contributed by atoms with Gasteiger partial charge in [-0.2, -0.15) is 10.5 Å². The second kappa shape index (κ2) is 7.82. The Kier molecular flexibility index (Phi) is 5.01. The van der Waals surface area contributed by atoms with E-state index in [2.05, 4.69) is 17.1 Å². The minimum Gasteiger partial charge on any atom is -0.493 e.